The van der Waals surface area contributed by atoms with Crippen LogP contribution < -0.4 is 10.2 Å². The molecule has 4 nitrogen and oxygen atoms in total. The molecule has 0 atom stereocenters. The van der Waals surface area contributed by atoms with E-state index >= 15 is 0 Å². The molecule has 1 heterocycles. The molecule has 0 radical (unpaired) electrons. The molecule has 0 saturated heterocycles. The molecule has 0 bridgehead atoms. The van der Waals surface area contributed by atoms with Crippen LogP contribution in [0.3, 0.4) is 0 Å². The van der Waals surface area contributed by atoms with Crippen LogP contribution in [0.2, 0.25) is 0 Å². The molecular weight excluding hydrogens is 236 g/mol. The monoisotopic (exact) mass is 264 g/mol. The van der Waals surface area contributed by atoms with Crippen molar-refractivity contribution >= 4 is 11.6 Å². The summed E-state index contributed by atoms with van der Waals surface area (Å²) in [7, 11) is 0. The van der Waals surface area contributed by atoms with E-state index in [-0.39, 0.29) is 0 Å². The van der Waals surface area contributed by atoms with E-state index < -0.39 is 0 Å². The summed E-state index contributed by atoms with van der Waals surface area (Å²) in [5, 5.41) is 3.35. The number of anilines is 2. The van der Waals surface area contributed by atoms with Crippen molar-refractivity contribution in [2.75, 3.05) is 23.3 Å². The lowest BCUT2D eigenvalue weighted by atomic mass is 10.1. The Morgan fingerprint density at radius 1 is 1.11 bits per heavy atom. The fourth-order valence-corrected chi connectivity index (χ4v) is 2.16. The SMILES string of the molecule is CCNc1nc(C(C)C)nc(N(CC)C(C)C)c1C. The van der Waals surface area contributed by atoms with Crippen LogP contribution in [0.1, 0.15) is 58.8 Å². The van der Waals surface area contributed by atoms with Crippen LogP contribution in [-0.2, 0) is 0 Å². The number of nitrogens with zero attached hydrogens (tertiary/aromatic N) is 3. The molecule has 4 heteroatoms. The Balaban J connectivity index is 3.35. The standard InChI is InChI=1S/C15H28N4/c1-8-16-14-12(7)15(19(9-2)11(5)6)18-13(17-14)10(3)4/h10-11H,8-9H2,1-7H3,(H,16,17,18). The van der Waals surface area contributed by atoms with Gasteiger partial charge >= 0.3 is 0 Å². The quantitative estimate of drug-likeness (QED) is 0.852. The molecule has 1 aromatic rings. The van der Waals surface area contributed by atoms with Crippen molar-refractivity contribution in [3.8, 4) is 0 Å². The third kappa shape index (κ3) is 3.58. The normalized spacial score (nSPS) is 11.2. The van der Waals surface area contributed by atoms with Crippen LogP contribution in [0.25, 0.3) is 0 Å². The highest BCUT2D eigenvalue weighted by Crippen LogP contribution is 2.27. The molecule has 0 amide bonds. The van der Waals surface area contributed by atoms with Crippen molar-refractivity contribution < 1.29 is 0 Å². The van der Waals surface area contributed by atoms with Crippen LogP contribution in [0.15, 0.2) is 0 Å². The highest BCUT2D eigenvalue weighted by Gasteiger charge is 2.18. The highest BCUT2D eigenvalue weighted by molar-refractivity contribution is 5.59. The van der Waals surface area contributed by atoms with Crippen LogP contribution in [0.4, 0.5) is 11.6 Å². The lowest BCUT2D eigenvalue weighted by molar-refractivity contribution is 0.677. The van der Waals surface area contributed by atoms with E-state index in [1.165, 1.54) is 0 Å². The summed E-state index contributed by atoms with van der Waals surface area (Å²) in [5.41, 5.74) is 1.14. The Labute approximate surface area is 117 Å². The van der Waals surface area contributed by atoms with Gasteiger partial charge in [-0.1, -0.05) is 13.8 Å². The lowest BCUT2D eigenvalue weighted by Gasteiger charge is -2.29. The molecule has 0 saturated carbocycles. The molecule has 1 N–H and O–H groups in total. The van der Waals surface area contributed by atoms with Crippen molar-refractivity contribution in [2.24, 2.45) is 0 Å². The average Bonchev–Trinajstić information content (AvgIpc) is 2.33. The molecule has 19 heavy (non-hydrogen) atoms. The van der Waals surface area contributed by atoms with E-state index in [0.717, 1.165) is 36.1 Å². The Morgan fingerprint density at radius 3 is 2.16 bits per heavy atom. The van der Waals surface area contributed by atoms with Gasteiger partial charge in [0.2, 0.25) is 0 Å². The van der Waals surface area contributed by atoms with Crippen LogP contribution in [0.5, 0.6) is 0 Å². The van der Waals surface area contributed by atoms with Crippen molar-refractivity contribution in [1.82, 2.24) is 9.97 Å². The number of aromatic nitrogens is 2. The first kappa shape index (κ1) is 15.7. The Kier molecular flexibility index (Phi) is 5.58. The molecule has 0 unspecified atom stereocenters. The van der Waals surface area contributed by atoms with Gasteiger partial charge in [-0.15, -0.1) is 0 Å². The fraction of sp³-hybridized carbons (Fsp3) is 0.733. The molecule has 108 valence electrons. The predicted molar refractivity (Wildman–Crippen MR) is 83.2 cm³/mol. The summed E-state index contributed by atoms with van der Waals surface area (Å²) in [6, 6.07) is 0.438. The van der Waals surface area contributed by atoms with E-state index in [1.54, 1.807) is 0 Å². The third-order valence-corrected chi connectivity index (χ3v) is 3.23. The second kappa shape index (κ2) is 6.73. The summed E-state index contributed by atoms with van der Waals surface area (Å²) >= 11 is 0. The first-order valence-electron chi connectivity index (χ1n) is 7.31. The van der Waals surface area contributed by atoms with Crippen molar-refractivity contribution in [3.05, 3.63) is 11.4 Å². The molecular formula is C15H28N4. The van der Waals surface area contributed by atoms with Gasteiger partial charge in [0.1, 0.15) is 17.5 Å². The summed E-state index contributed by atoms with van der Waals surface area (Å²) in [6.45, 7) is 16.9. The van der Waals surface area contributed by atoms with Crippen molar-refractivity contribution in [3.63, 3.8) is 0 Å². The lowest BCUT2D eigenvalue weighted by Crippen LogP contribution is -2.32. The number of rotatable bonds is 6. The summed E-state index contributed by atoms with van der Waals surface area (Å²) in [5.74, 6) is 3.28. The summed E-state index contributed by atoms with van der Waals surface area (Å²) < 4.78 is 0. The average molecular weight is 264 g/mol. The number of hydrogen-bond acceptors (Lipinski definition) is 4. The zero-order valence-electron chi connectivity index (χ0n) is 13.4. The van der Waals surface area contributed by atoms with Crippen molar-refractivity contribution in [2.45, 2.75) is 60.4 Å². The Morgan fingerprint density at radius 2 is 1.74 bits per heavy atom. The minimum absolute atomic E-state index is 0.336. The summed E-state index contributed by atoms with van der Waals surface area (Å²) in [6.07, 6.45) is 0. The van der Waals surface area contributed by atoms with E-state index in [1.807, 2.05) is 0 Å². The first-order valence-corrected chi connectivity index (χ1v) is 7.31. The van der Waals surface area contributed by atoms with Gasteiger partial charge in [0, 0.05) is 30.6 Å². The van der Waals surface area contributed by atoms with E-state index in [2.05, 4.69) is 63.7 Å². The smallest absolute Gasteiger partial charge is 0.137 e. The number of nitrogens with one attached hydrogen (secondary N) is 1. The first-order chi connectivity index (χ1) is 8.92. The van der Waals surface area contributed by atoms with Gasteiger partial charge in [0.05, 0.1) is 0 Å². The molecule has 0 aromatic carbocycles. The Bertz CT molecular complexity index is 413. The minimum atomic E-state index is 0.336. The van der Waals surface area contributed by atoms with Crippen LogP contribution >= 0.6 is 0 Å². The van der Waals surface area contributed by atoms with E-state index in [0.29, 0.717) is 12.0 Å². The fourth-order valence-electron chi connectivity index (χ4n) is 2.16. The maximum atomic E-state index is 4.78. The maximum Gasteiger partial charge on any atom is 0.137 e. The van der Waals surface area contributed by atoms with Gasteiger partial charge in [-0.05, 0) is 34.6 Å². The van der Waals surface area contributed by atoms with Gasteiger partial charge < -0.3 is 10.2 Å². The second-order valence-corrected chi connectivity index (χ2v) is 5.44. The largest absolute Gasteiger partial charge is 0.370 e. The second-order valence-electron chi connectivity index (χ2n) is 5.44. The zero-order chi connectivity index (χ0) is 14.6. The molecule has 1 rings (SSSR count). The molecule has 1 aromatic heterocycles. The predicted octanol–water partition coefficient (Wildman–Crippen LogP) is 3.57. The van der Waals surface area contributed by atoms with Gasteiger partial charge in [-0.2, -0.15) is 0 Å². The third-order valence-electron chi connectivity index (χ3n) is 3.23. The highest BCUT2D eigenvalue weighted by atomic mass is 15.2. The van der Waals surface area contributed by atoms with Crippen molar-refractivity contribution in [1.29, 1.82) is 0 Å². The van der Waals surface area contributed by atoms with Gasteiger partial charge in [0.15, 0.2) is 0 Å². The molecule has 0 aliphatic heterocycles. The van der Waals surface area contributed by atoms with Crippen LogP contribution in [0, 0.1) is 6.92 Å². The Hall–Kier alpha value is -1.32. The molecule has 0 aliphatic rings. The summed E-state index contributed by atoms with van der Waals surface area (Å²) in [4.78, 5) is 11.8. The minimum Gasteiger partial charge on any atom is -0.370 e. The molecule has 0 spiro atoms. The zero-order valence-corrected chi connectivity index (χ0v) is 13.4. The molecule has 0 fully saturated rings. The molecule has 0 aliphatic carbocycles. The van der Waals surface area contributed by atoms with E-state index in [4.69, 9.17) is 4.98 Å². The topological polar surface area (TPSA) is 41.1 Å². The maximum absolute atomic E-state index is 4.78. The van der Waals surface area contributed by atoms with Gasteiger partial charge in [0.25, 0.3) is 0 Å². The van der Waals surface area contributed by atoms with Crippen LogP contribution in [-0.4, -0.2) is 29.1 Å². The van der Waals surface area contributed by atoms with Gasteiger partial charge in [-0.25, -0.2) is 9.97 Å². The van der Waals surface area contributed by atoms with E-state index in [9.17, 15) is 0 Å². The number of hydrogen-bond donors (Lipinski definition) is 1. The van der Waals surface area contributed by atoms with Gasteiger partial charge in [-0.3, -0.25) is 0 Å².